The molecule has 0 radical (unpaired) electrons. The normalized spacial score (nSPS) is 15.5. The van der Waals surface area contributed by atoms with Crippen molar-refractivity contribution < 1.29 is 14.2 Å². The van der Waals surface area contributed by atoms with Gasteiger partial charge in [-0.2, -0.15) is 0 Å². The van der Waals surface area contributed by atoms with Crippen LogP contribution < -0.4 is 19.5 Å². The molecule has 3 atom stereocenters. The number of ether oxygens (including phenoxy) is 3. The highest BCUT2D eigenvalue weighted by molar-refractivity contribution is 8.16. The van der Waals surface area contributed by atoms with E-state index in [1.807, 2.05) is 67.4 Å². The first-order valence-electron chi connectivity index (χ1n) is 12.6. The van der Waals surface area contributed by atoms with Crippen molar-refractivity contribution in [3.63, 3.8) is 0 Å². The fraction of sp³-hybridized carbons (Fsp3) is 0.310. The van der Waals surface area contributed by atoms with Crippen LogP contribution in [0.3, 0.4) is 0 Å². The van der Waals surface area contributed by atoms with Crippen molar-refractivity contribution >= 4 is 28.2 Å². The quantitative estimate of drug-likeness (QED) is 0.323. The van der Waals surface area contributed by atoms with Crippen molar-refractivity contribution in [2.45, 2.75) is 39.0 Å². The van der Waals surface area contributed by atoms with Crippen molar-refractivity contribution in [1.82, 2.24) is 20.1 Å². The third-order valence-corrected chi connectivity index (χ3v) is 8.35. The predicted molar refractivity (Wildman–Crippen MR) is 161 cm³/mol. The van der Waals surface area contributed by atoms with Gasteiger partial charge in [-0.15, -0.1) is 10.2 Å². The summed E-state index contributed by atoms with van der Waals surface area (Å²) in [5.74, 6) is 2.51. The average Bonchev–Trinajstić information content (AvgIpc) is 3.24. The first-order valence-corrected chi connectivity index (χ1v) is 14.0. The number of benzene rings is 2. The zero-order valence-corrected chi connectivity index (χ0v) is 24.2. The van der Waals surface area contributed by atoms with E-state index in [1.54, 1.807) is 21.3 Å². The van der Waals surface area contributed by atoms with Crippen LogP contribution in [0.5, 0.6) is 11.5 Å². The fourth-order valence-corrected chi connectivity index (χ4v) is 6.02. The molecule has 2 aromatic carbocycles. The summed E-state index contributed by atoms with van der Waals surface area (Å²) in [4.78, 5) is 4.41. The lowest BCUT2D eigenvalue weighted by Gasteiger charge is -2.28. The summed E-state index contributed by atoms with van der Waals surface area (Å²) in [6.45, 7) is 8.22. The average molecular weight is 549 g/mol. The van der Waals surface area contributed by atoms with Crippen LogP contribution >= 0.6 is 10.7 Å². The Morgan fingerprint density at radius 3 is 2.38 bits per heavy atom. The smallest absolute Gasteiger partial charge is 0.239 e. The summed E-state index contributed by atoms with van der Waals surface area (Å²) < 4.78 is 23.1. The van der Waals surface area contributed by atoms with Gasteiger partial charge in [-0.05, 0) is 56.8 Å². The second kappa shape index (κ2) is 12.8. The van der Waals surface area contributed by atoms with Crippen LogP contribution in [-0.4, -0.2) is 59.0 Å². The highest BCUT2D eigenvalue weighted by Gasteiger charge is 2.27. The van der Waals surface area contributed by atoms with Gasteiger partial charge in [0.15, 0.2) is 5.82 Å². The molecule has 0 saturated heterocycles. The Kier molecular flexibility index (Phi) is 9.21. The molecule has 0 spiro atoms. The number of para-hydroxylation sites is 1. The monoisotopic (exact) mass is 548 g/mol. The predicted octanol–water partition coefficient (Wildman–Crippen LogP) is 5.50. The SMILES string of the molecule is C/C=S(\Nc1nnc(-c2cccc(C)c2)n1-c1c(OC)cccc1OC)[C@@H](C)[C@@H](OC)C1=CN=CC(C)=CN1. The van der Waals surface area contributed by atoms with E-state index >= 15 is 0 Å². The lowest BCUT2D eigenvalue weighted by Crippen LogP contribution is -2.33. The standard InChI is InChI=1S/C29H36N6O3S/c1-8-39(21(4)27(38-7)23-18-30-16-20(3)17-31-23)34-29-33-32-28(22-12-9-11-19(2)15-22)35(29)26-24(36-5)13-10-14-25(26)37-6/h8-18,21,27,31H,1-7H3,(H,33,34)/t21-,27+,39?/m0/s1. The Labute approximate surface area is 232 Å². The molecule has 10 heteroatoms. The van der Waals surface area contributed by atoms with E-state index in [-0.39, 0.29) is 11.4 Å². The van der Waals surface area contributed by atoms with Crippen molar-refractivity contribution in [2.24, 2.45) is 4.99 Å². The highest BCUT2D eigenvalue weighted by Crippen LogP contribution is 2.39. The fourth-order valence-electron chi connectivity index (χ4n) is 4.42. The highest BCUT2D eigenvalue weighted by atomic mass is 32.2. The Balaban J connectivity index is 1.80. The zero-order chi connectivity index (χ0) is 27.9. The molecule has 0 saturated carbocycles. The number of rotatable bonds is 10. The van der Waals surface area contributed by atoms with Gasteiger partial charge in [0.1, 0.15) is 23.3 Å². The number of hydrogen-bond acceptors (Lipinski definition) is 8. The van der Waals surface area contributed by atoms with E-state index < -0.39 is 10.7 Å². The molecule has 9 nitrogen and oxygen atoms in total. The van der Waals surface area contributed by atoms with Crippen LogP contribution in [0.1, 0.15) is 26.3 Å². The van der Waals surface area contributed by atoms with Gasteiger partial charge in [0.2, 0.25) is 5.95 Å². The van der Waals surface area contributed by atoms with E-state index in [0.29, 0.717) is 29.0 Å². The summed E-state index contributed by atoms with van der Waals surface area (Å²) in [6, 6.07) is 13.9. The van der Waals surface area contributed by atoms with E-state index in [0.717, 1.165) is 22.4 Å². The summed E-state index contributed by atoms with van der Waals surface area (Å²) in [7, 11) is 4.52. The van der Waals surface area contributed by atoms with Gasteiger partial charge in [0, 0.05) is 36.5 Å². The number of aryl methyl sites for hydroxylation is 1. The van der Waals surface area contributed by atoms with Gasteiger partial charge < -0.3 is 24.2 Å². The third-order valence-electron chi connectivity index (χ3n) is 6.37. The molecule has 1 aliphatic heterocycles. The molecule has 0 amide bonds. The Bertz CT molecular complexity index is 1420. The minimum atomic E-state index is -0.480. The van der Waals surface area contributed by atoms with E-state index in [2.05, 4.69) is 56.6 Å². The number of aromatic nitrogens is 3. The molecule has 1 aliphatic rings. The number of aliphatic imine (C=N–C) groups is 1. The minimum absolute atomic E-state index is 0.0212. The molecule has 0 bridgehead atoms. The van der Waals surface area contributed by atoms with Crippen LogP contribution in [0, 0.1) is 6.92 Å². The van der Waals surface area contributed by atoms with Gasteiger partial charge >= 0.3 is 0 Å². The molecule has 1 unspecified atom stereocenters. The summed E-state index contributed by atoms with van der Waals surface area (Å²) in [5, 5.41) is 14.7. The third kappa shape index (κ3) is 6.07. The number of allylic oxidation sites excluding steroid dienone is 1. The topological polar surface area (TPSA) is 94.8 Å². The van der Waals surface area contributed by atoms with Gasteiger partial charge in [-0.1, -0.05) is 40.5 Å². The first-order chi connectivity index (χ1) is 18.9. The Hall–Kier alpha value is -3.89. The van der Waals surface area contributed by atoms with Gasteiger partial charge in [0.05, 0.1) is 19.9 Å². The zero-order valence-electron chi connectivity index (χ0n) is 23.4. The molecule has 0 fully saturated rings. The first kappa shape index (κ1) is 28.1. The summed E-state index contributed by atoms with van der Waals surface area (Å²) in [6.07, 6.45) is 5.32. The molecule has 39 heavy (non-hydrogen) atoms. The Morgan fingerprint density at radius 1 is 1.03 bits per heavy atom. The second-order valence-corrected chi connectivity index (χ2v) is 11.2. The van der Waals surface area contributed by atoms with Crippen molar-refractivity contribution in [1.29, 1.82) is 0 Å². The maximum atomic E-state index is 5.97. The largest absolute Gasteiger partial charge is 0.494 e. The number of hydrogen-bond donors (Lipinski definition) is 2. The molecule has 4 rings (SSSR count). The van der Waals surface area contributed by atoms with Crippen LogP contribution in [0.2, 0.25) is 0 Å². The molecular weight excluding hydrogens is 512 g/mol. The molecule has 1 aromatic heterocycles. The molecular formula is C29H36N6O3S. The molecule has 3 aromatic rings. The number of methoxy groups -OCH3 is 3. The Morgan fingerprint density at radius 2 is 1.74 bits per heavy atom. The van der Waals surface area contributed by atoms with Crippen LogP contribution in [-0.2, 0) is 4.74 Å². The second-order valence-electron chi connectivity index (χ2n) is 9.03. The summed E-state index contributed by atoms with van der Waals surface area (Å²) >= 11 is 0. The molecule has 0 aliphatic carbocycles. The van der Waals surface area contributed by atoms with E-state index in [9.17, 15) is 0 Å². The number of anilines is 1. The lowest BCUT2D eigenvalue weighted by atomic mass is 10.1. The van der Waals surface area contributed by atoms with Gasteiger partial charge in [-0.25, -0.2) is 0 Å². The number of nitrogens with zero attached hydrogens (tertiary/aromatic N) is 4. The van der Waals surface area contributed by atoms with E-state index in [4.69, 9.17) is 14.2 Å². The maximum absolute atomic E-state index is 5.97. The maximum Gasteiger partial charge on any atom is 0.239 e. The minimum Gasteiger partial charge on any atom is -0.494 e. The van der Waals surface area contributed by atoms with Gasteiger partial charge in [0.25, 0.3) is 0 Å². The van der Waals surface area contributed by atoms with Crippen molar-refractivity contribution in [3.05, 3.63) is 71.7 Å². The van der Waals surface area contributed by atoms with Crippen molar-refractivity contribution in [3.8, 4) is 28.6 Å². The molecule has 2 N–H and O–H groups in total. The van der Waals surface area contributed by atoms with E-state index in [1.165, 1.54) is 0 Å². The van der Waals surface area contributed by atoms with Crippen LogP contribution in [0.4, 0.5) is 5.95 Å². The van der Waals surface area contributed by atoms with Crippen LogP contribution in [0.15, 0.2) is 71.1 Å². The number of nitrogens with one attached hydrogen (secondary N) is 2. The van der Waals surface area contributed by atoms with Crippen molar-refractivity contribution in [2.75, 3.05) is 26.1 Å². The summed E-state index contributed by atoms with van der Waals surface area (Å²) in [5.41, 5.74) is 4.68. The molecule has 2 heterocycles. The van der Waals surface area contributed by atoms with Crippen LogP contribution in [0.25, 0.3) is 17.1 Å². The molecule has 206 valence electrons. The lowest BCUT2D eigenvalue weighted by molar-refractivity contribution is 0.128. The van der Waals surface area contributed by atoms with Gasteiger partial charge in [-0.3, -0.25) is 9.56 Å².